The van der Waals surface area contributed by atoms with Gasteiger partial charge >= 0.3 is 0 Å². The van der Waals surface area contributed by atoms with Gasteiger partial charge in [0.25, 0.3) is 0 Å². The molecule has 150 valence electrons. The summed E-state index contributed by atoms with van der Waals surface area (Å²) in [5.41, 5.74) is 0.987. The summed E-state index contributed by atoms with van der Waals surface area (Å²) < 4.78 is 5.25. The van der Waals surface area contributed by atoms with Crippen molar-refractivity contribution >= 4 is 23.2 Å². The van der Waals surface area contributed by atoms with Crippen LogP contribution in [0.15, 0.2) is 41.8 Å². The number of benzene rings is 1. The van der Waals surface area contributed by atoms with Crippen molar-refractivity contribution in [2.75, 3.05) is 20.2 Å². The second-order valence-corrected chi connectivity index (χ2v) is 8.12. The van der Waals surface area contributed by atoms with Gasteiger partial charge < -0.3 is 15.0 Å². The minimum absolute atomic E-state index is 0.0373. The quantitative estimate of drug-likeness (QED) is 0.696. The second kappa shape index (κ2) is 9.73. The van der Waals surface area contributed by atoms with Crippen molar-refractivity contribution < 1.29 is 14.3 Å². The summed E-state index contributed by atoms with van der Waals surface area (Å²) in [5, 5.41) is 5.09. The number of unbranched alkanes of at least 4 members (excludes halogenated alkanes) is 1. The number of nitrogens with zero attached hydrogens (tertiary/aromatic N) is 1. The zero-order valence-electron chi connectivity index (χ0n) is 16.5. The first-order valence-corrected chi connectivity index (χ1v) is 10.8. The van der Waals surface area contributed by atoms with Crippen molar-refractivity contribution in [2.45, 2.75) is 38.6 Å². The molecule has 1 aromatic heterocycles. The number of amides is 2. The molecule has 28 heavy (non-hydrogen) atoms. The summed E-state index contributed by atoms with van der Waals surface area (Å²) in [6, 6.07) is 11.6. The molecule has 2 atom stereocenters. The molecule has 0 spiro atoms. The van der Waals surface area contributed by atoms with Gasteiger partial charge in [0, 0.05) is 24.4 Å². The minimum Gasteiger partial charge on any atom is -0.497 e. The number of rotatable bonds is 9. The fourth-order valence-corrected chi connectivity index (χ4v) is 4.43. The van der Waals surface area contributed by atoms with E-state index in [4.69, 9.17) is 4.74 Å². The molecule has 0 bridgehead atoms. The van der Waals surface area contributed by atoms with E-state index < -0.39 is 0 Å². The summed E-state index contributed by atoms with van der Waals surface area (Å²) in [6.07, 6.45) is 3.03. The molecule has 3 rings (SSSR count). The standard InChI is InChI=1S/C22H28N2O3S/c1-3-4-13-24-20(25)15-19(21(24)16-7-9-17(27-2)10-8-16)22(26)23-12-11-18-6-5-14-28-18/h5-10,14,19,21H,3-4,11-13,15H2,1-2H3,(H,23,26). The molecule has 2 amide bonds. The predicted octanol–water partition coefficient (Wildman–Crippen LogP) is 3.81. The van der Waals surface area contributed by atoms with E-state index in [-0.39, 0.29) is 30.2 Å². The number of nitrogens with one attached hydrogen (secondary N) is 1. The van der Waals surface area contributed by atoms with Crippen LogP contribution in [0.4, 0.5) is 0 Å². The van der Waals surface area contributed by atoms with Gasteiger partial charge in [-0.25, -0.2) is 0 Å². The van der Waals surface area contributed by atoms with Crippen LogP contribution in [0.5, 0.6) is 5.75 Å². The van der Waals surface area contributed by atoms with Gasteiger partial charge in [0.1, 0.15) is 5.75 Å². The third kappa shape index (κ3) is 4.73. The van der Waals surface area contributed by atoms with Crippen molar-refractivity contribution in [2.24, 2.45) is 5.92 Å². The van der Waals surface area contributed by atoms with Gasteiger partial charge in [0.15, 0.2) is 0 Å². The Kier molecular flexibility index (Phi) is 7.09. The molecule has 6 heteroatoms. The van der Waals surface area contributed by atoms with Crippen LogP contribution in [-0.2, 0) is 16.0 Å². The van der Waals surface area contributed by atoms with Crippen molar-refractivity contribution in [3.05, 3.63) is 52.2 Å². The number of carbonyl (C=O) groups is 2. The molecule has 0 aliphatic carbocycles. The smallest absolute Gasteiger partial charge is 0.226 e. The normalized spacial score (nSPS) is 19.1. The number of carbonyl (C=O) groups excluding carboxylic acids is 2. The molecule has 1 saturated heterocycles. The third-order valence-corrected chi connectivity index (χ3v) is 6.17. The van der Waals surface area contributed by atoms with Crippen LogP contribution in [0.3, 0.4) is 0 Å². The Bertz CT molecular complexity index is 774. The van der Waals surface area contributed by atoms with Crippen LogP contribution in [-0.4, -0.2) is 36.9 Å². The Labute approximate surface area is 170 Å². The van der Waals surface area contributed by atoms with Crippen LogP contribution in [0.1, 0.15) is 42.7 Å². The number of ether oxygens (including phenoxy) is 1. The zero-order chi connectivity index (χ0) is 19.9. The average molecular weight is 401 g/mol. The highest BCUT2D eigenvalue weighted by Gasteiger charge is 2.43. The minimum atomic E-state index is -0.360. The molecule has 1 aromatic carbocycles. The largest absolute Gasteiger partial charge is 0.497 e. The lowest BCUT2D eigenvalue weighted by molar-refractivity contribution is -0.129. The summed E-state index contributed by atoms with van der Waals surface area (Å²) in [5.74, 6) is 0.434. The van der Waals surface area contributed by atoms with Crippen LogP contribution >= 0.6 is 11.3 Å². The first kappa shape index (κ1) is 20.4. The molecule has 1 fully saturated rings. The molecule has 2 unspecified atom stereocenters. The van der Waals surface area contributed by atoms with Crippen molar-refractivity contribution in [3.8, 4) is 5.75 Å². The first-order valence-electron chi connectivity index (χ1n) is 9.87. The Hall–Kier alpha value is -2.34. The van der Waals surface area contributed by atoms with Gasteiger partial charge in [-0.15, -0.1) is 11.3 Å². The van der Waals surface area contributed by atoms with E-state index in [2.05, 4.69) is 18.3 Å². The van der Waals surface area contributed by atoms with E-state index >= 15 is 0 Å². The molecule has 0 radical (unpaired) electrons. The fraction of sp³-hybridized carbons (Fsp3) is 0.455. The summed E-state index contributed by atoms with van der Waals surface area (Å²) >= 11 is 1.69. The molecule has 1 aliphatic heterocycles. The van der Waals surface area contributed by atoms with Crippen molar-refractivity contribution in [3.63, 3.8) is 0 Å². The van der Waals surface area contributed by atoms with E-state index in [1.165, 1.54) is 4.88 Å². The molecular weight excluding hydrogens is 372 g/mol. The predicted molar refractivity (Wildman–Crippen MR) is 111 cm³/mol. The maximum absolute atomic E-state index is 12.9. The molecule has 2 aromatic rings. The maximum atomic E-state index is 12.9. The van der Waals surface area contributed by atoms with E-state index in [1.54, 1.807) is 18.4 Å². The second-order valence-electron chi connectivity index (χ2n) is 7.09. The maximum Gasteiger partial charge on any atom is 0.226 e. The number of methoxy groups -OCH3 is 1. The van der Waals surface area contributed by atoms with E-state index in [9.17, 15) is 9.59 Å². The highest BCUT2D eigenvalue weighted by molar-refractivity contribution is 7.09. The third-order valence-electron chi connectivity index (χ3n) is 5.23. The Balaban J connectivity index is 1.74. The molecular formula is C22H28N2O3S. The summed E-state index contributed by atoms with van der Waals surface area (Å²) in [7, 11) is 1.63. The van der Waals surface area contributed by atoms with Crippen LogP contribution < -0.4 is 10.1 Å². The Morgan fingerprint density at radius 3 is 2.71 bits per heavy atom. The van der Waals surface area contributed by atoms with Gasteiger partial charge in [0.05, 0.1) is 19.1 Å². The van der Waals surface area contributed by atoms with Crippen LogP contribution in [0.2, 0.25) is 0 Å². The van der Waals surface area contributed by atoms with Gasteiger partial charge in [-0.05, 0) is 42.0 Å². The van der Waals surface area contributed by atoms with Crippen LogP contribution in [0.25, 0.3) is 0 Å². The number of hydrogen-bond acceptors (Lipinski definition) is 4. The number of likely N-dealkylation sites (tertiary alicyclic amines) is 1. The van der Waals surface area contributed by atoms with Crippen molar-refractivity contribution in [1.29, 1.82) is 0 Å². The van der Waals surface area contributed by atoms with Gasteiger partial charge in [0.2, 0.25) is 11.8 Å². The Morgan fingerprint density at radius 1 is 1.29 bits per heavy atom. The van der Waals surface area contributed by atoms with Gasteiger partial charge in [-0.1, -0.05) is 31.5 Å². The van der Waals surface area contributed by atoms with Gasteiger partial charge in [-0.2, -0.15) is 0 Å². The first-order chi connectivity index (χ1) is 13.6. The molecule has 1 aliphatic rings. The van der Waals surface area contributed by atoms with E-state index in [0.29, 0.717) is 13.1 Å². The van der Waals surface area contributed by atoms with E-state index in [0.717, 1.165) is 30.6 Å². The van der Waals surface area contributed by atoms with E-state index in [1.807, 2.05) is 40.6 Å². The lowest BCUT2D eigenvalue weighted by Crippen LogP contribution is -2.36. The average Bonchev–Trinajstić information content (AvgIpc) is 3.34. The summed E-state index contributed by atoms with van der Waals surface area (Å²) in [4.78, 5) is 28.8. The van der Waals surface area contributed by atoms with Crippen LogP contribution in [0, 0.1) is 5.92 Å². The molecule has 2 heterocycles. The molecule has 5 nitrogen and oxygen atoms in total. The monoisotopic (exact) mass is 400 g/mol. The highest BCUT2D eigenvalue weighted by Crippen LogP contribution is 2.39. The molecule has 1 N–H and O–H groups in total. The number of thiophene rings is 1. The van der Waals surface area contributed by atoms with Gasteiger partial charge in [-0.3, -0.25) is 9.59 Å². The van der Waals surface area contributed by atoms with Crippen molar-refractivity contribution in [1.82, 2.24) is 10.2 Å². The fourth-order valence-electron chi connectivity index (χ4n) is 3.73. The summed E-state index contributed by atoms with van der Waals surface area (Å²) in [6.45, 7) is 3.39. The molecule has 0 saturated carbocycles. The SMILES string of the molecule is CCCCN1C(=O)CC(C(=O)NCCc2cccs2)C1c1ccc(OC)cc1. The topological polar surface area (TPSA) is 58.6 Å². The lowest BCUT2D eigenvalue weighted by atomic mass is 9.92. The lowest BCUT2D eigenvalue weighted by Gasteiger charge is -2.28. The number of hydrogen-bond donors (Lipinski definition) is 1. The highest BCUT2D eigenvalue weighted by atomic mass is 32.1. The Morgan fingerprint density at radius 2 is 2.07 bits per heavy atom. The zero-order valence-corrected chi connectivity index (χ0v) is 17.3.